The molecular weight excluding hydrogens is 346 g/mol. The summed E-state index contributed by atoms with van der Waals surface area (Å²) in [5, 5.41) is 6.45. The molecule has 1 aliphatic carbocycles. The number of benzene rings is 2. The van der Waals surface area contributed by atoms with Gasteiger partial charge in [-0.2, -0.15) is 0 Å². The third-order valence-corrected chi connectivity index (χ3v) is 5.91. The van der Waals surface area contributed by atoms with Crippen LogP contribution in [-0.4, -0.2) is 50.1 Å². The first kappa shape index (κ1) is 19.2. The fourth-order valence-corrected chi connectivity index (χ4v) is 4.33. The van der Waals surface area contributed by atoms with Crippen molar-refractivity contribution in [2.45, 2.75) is 32.1 Å². The molecule has 1 saturated heterocycles. The first-order chi connectivity index (χ1) is 13.8. The fourth-order valence-electron chi connectivity index (χ4n) is 4.33. The highest BCUT2D eigenvalue weighted by atomic mass is 16.1. The van der Waals surface area contributed by atoms with Crippen molar-refractivity contribution in [2.75, 3.05) is 39.3 Å². The number of carbonyl (C=O) groups is 1. The molecule has 1 aliphatic heterocycles. The summed E-state index contributed by atoms with van der Waals surface area (Å²) in [6.07, 6.45) is 4.56. The van der Waals surface area contributed by atoms with Crippen LogP contribution in [0.1, 0.15) is 36.0 Å². The van der Waals surface area contributed by atoms with E-state index in [9.17, 15) is 4.79 Å². The molecule has 2 aliphatic rings. The monoisotopic (exact) mass is 377 g/mol. The van der Waals surface area contributed by atoms with Gasteiger partial charge in [0.2, 0.25) is 5.91 Å². The Hall–Kier alpha value is -2.17. The molecular formula is C24H31N3O. The molecule has 1 fully saturated rings. The fraction of sp³-hybridized carbons (Fsp3) is 0.458. The van der Waals surface area contributed by atoms with E-state index in [0.717, 1.165) is 65.0 Å². The van der Waals surface area contributed by atoms with Crippen LogP contribution < -0.4 is 10.6 Å². The summed E-state index contributed by atoms with van der Waals surface area (Å²) >= 11 is 0. The van der Waals surface area contributed by atoms with Gasteiger partial charge in [-0.25, -0.2) is 0 Å². The van der Waals surface area contributed by atoms with Crippen molar-refractivity contribution in [3.05, 3.63) is 59.2 Å². The Kier molecular flexibility index (Phi) is 6.40. The molecule has 2 aromatic rings. The first-order valence-electron chi connectivity index (χ1n) is 10.7. The molecule has 0 unspecified atom stereocenters. The molecule has 0 spiro atoms. The van der Waals surface area contributed by atoms with Crippen molar-refractivity contribution in [1.29, 1.82) is 0 Å². The lowest BCUT2D eigenvalue weighted by atomic mass is 10.00. The van der Waals surface area contributed by atoms with E-state index in [2.05, 4.69) is 58.0 Å². The summed E-state index contributed by atoms with van der Waals surface area (Å²) in [7, 11) is 0. The van der Waals surface area contributed by atoms with E-state index in [-0.39, 0.29) is 5.91 Å². The maximum atomic E-state index is 12.1. The van der Waals surface area contributed by atoms with Crippen LogP contribution >= 0.6 is 0 Å². The number of amides is 1. The van der Waals surface area contributed by atoms with Gasteiger partial charge in [0.1, 0.15) is 0 Å². The van der Waals surface area contributed by atoms with E-state index < -0.39 is 0 Å². The first-order valence-corrected chi connectivity index (χ1v) is 10.7. The van der Waals surface area contributed by atoms with Gasteiger partial charge in [-0.1, -0.05) is 42.5 Å². The second kappa shape index (κ2) is 9.35. The van der Waals surface area contributed by atoms with Crippen LogP contribution in [0, 0.1) is 0 Å². The topological polar surface area (TPSA) is 44.4 Å². The van der Waals surface area contributed by atoms with E-state index >= 15 is 0 Å². The average Bonchev–Trinajstić information content (AvgIpc) is 3.10. The molecule has 0 atom stereocenters. The second-order valence-electron chi connectivity index (χ2n) is 7.97. The zero-order valence-corrected chi connectivity index (χ0v) is 16.7. The van der Waals surface area contributed by atoms with Crippen molar-refractivity contribution in [3.63, 3.8) is 0 Å². The number of aryl methyl sites for hydroxylation is 1. The van der Waals surface area contributed by atoms with Gasteiger partial charge < -0.3 is 15.5 Å². The normalized spacial score (nSPS) is 15.9. The maximum absolute atomic E-state index is 12.1. The Morgan fingerprint density at radius 2 is 1.82 bits per heavy atom. The van der Waals surface area contributed by atoms with Crippen LogP contribution in [0.25, 0.3) is 11.1 Å². The average molecular weight is 378 g/mol. The van der Waals surface area contributed by atoms with Gasteiger partial charge in [0.15, 0.2) is 0 Å². The van der Waals surface area contributed by atoms with E-state index in [1.165, 1.54) is 27.8 Å². The lowest BCUT2D eigenvalue weighted by Crippen LogP contribution is -2.44. The van der Waals surface area contributed by atoms with Crippen LogP contribution in [0.3, 0.4) is 0 Å². The zero-order chi connectivity index (χ0) is 19.2. The minimum Gasteiger partial charge on any atom is -0.356 e. The quantitative estimate of drug-likeness (QED) is 0.593. The Balaban J connectivity index is 1.17. The van der Waals surface area contributed by atoms with Gasteiger partial charge in [-0.15, -0.1) is 0 Å². The van der Waals surface area contributed by atoms with Crippen molar-refractivity contribution in [3.8, 4) is 11.1 Å². The molecule has 0 saturated carbocycles. The Labute approximate surface area is 168 Å². The number of nitrogens with one attached hydrogen (secondary N) is 2. The van der Waals surface area contributed by atoms with Crippen LogP contribution in [-0.2, 0) is 17.6 Å². The molecule has 2 aromatic carbocycles. The predicted molar refractivity (Wildman–Crippen MR) is 115 cm³/mol. The Bertz CT molecular complexity index is 811. The molecule has 1 amide bonds. The van der Waals surface area contributed by atoms with Crippen LogP contribution in [0.4, 0.5) is 0 Å². The summed E-state index contributed by atoms with van der Waals surface area (Å²) < 4.78 is 0. The number of hydrogen-bond acceptors (Lipinski definition) is 3. The van der Waals surface area contributed by atoms with E-state index in [4.69, 9.17) is 0 Å². The highest BCUT2D eigenvalue weighted by molar-refractivity contribution is 5.77. The van der Waals surface area contributed by atoms with Crippen molar-refractivity contribution in [1.82, 2.24) is 15.5 Å². The Morgan fingerprint density at radius 3 is 2.71 bits per heavy atom. The van der Waals surface area contributed by atoms with Gasteiger partial charge in [-0.3, -0.25) is 4.79 Å². The zero-order valence-electron chi connectivity index (χ0n) is 16.7. The van der Waals surface area contributed by atoms with Crippen LogP contribution in [0.15, 0.2) is 42.5 Å². The third kappa shape index (κ3) is 4.81. The molecule has 4 rings (SSSR count). The summed E-state index contributed by atoms with van der Waals surface area (Å²) in [6, 6.07) is 15.5. The summed E-state index contributed by atoms with van der Waals surface area (Å²) in [5.41, 5.74) is 6.94. The smallest absolute Gasteiger partial charge is 0.220 e. The highest BCUT2D eigenvalue weighted by Gasteiger charge is 2.17. The van der Waals surface area contributed by atoms with Gasteiger partial charge in [0, 0.05) is 39.1 Å². The van der Waals surface area contributed by atoms with Gasteiger partial charge in [-0.05, 0) is 60.0 Å². The molecule has 0 radical (unpaired) electrons. The van der Waals surface area contributed by atoms with Crippen molar-refractivity contribution in [2.24, 2.45) is 0 Å². The SMILES string of the molecule is O=C(CCCc1ccc2c(c1)-c1ccccc1C2)NCCCN1CCNCC1. The maximum Gasteiger partial charge on any atom is 0.220 e. The minimum absolute atomic E-state index is 0.187. The summed E-state index contributed by atoms with van der Waals surface area (Å²) in [4.78, 5) is 14.6. The number of hydrogen-bond donors (Lipinski definition) is 2. The predicted octanol–water partition coefficient (Wildman–Crippen LogP) is 2.99. The summed E-state index contributed by atoms with van der Waals surface area (Å²) in [6.45, 7) is 6.29. The van der Waals surface area contributed by atoms with Crippen molar-refractivity contribution < 1.29 is 4.79 Å². The van der Waals surface area contributed by atoms with Crippen LogP contribution in [0.2, 0.25) is 0 Å². The lowest BCUT2D eigenvalue weighted by Gasteiger charge is -2.27. The number of carbonyl (C=O) groups excluding carboxylic acids is 1. The standard InChI is InChI=1S/C24H31N3O/c28-24(26-11-4-14-27-15-12-25-13-16-27)8-3-5-19-9-10-21-18-20-6-1-2-7-22(20)23(21)17-19/h1-2,6-7,9-10,17,25H,3-5,8,11-16,18H2,(H,26,28). The molecule has 28 heavy (non-hydrogen) atoms. The number of piperazine rings is 1. The third-order valence-electron chi connectivity index (χ3n) is 5.91. The van der Waals surface area contributed by atoms with Crippen LogP contribution in [0.5, 0.6) is 0 Å². The van der Waals surface area contributed by atoms with Gasteiger partial charge in [0.25, 0.3) is 0 Å². The summed E-state index contributed by atoms with van der Waals surface area (Å²) in [5.74, 6) is 0.187. The molecule has 2 N–H and O–H groups in total. The molecule has 0 bridgehead atoms. The van der Waals surface area contributed by atoms with Gasteiger partial charge in [0.05, 0.1) is 0 Å². The van der Waals surface area contributed by atoms with Crippen molar-refractivity contribution >= 4 is 5.91 Å². The van der Waals surface area contributed by atoms with E-state index in [1.54, 1.807) is 0 Å². The molecule has 4 heteroatoms. The number of nitrogens with zero attached hydrogens (tertiary/aromatic N) is 1. The highest BCUT2D eigenvalue weighted by Crippen LogP contribution is 2.36. The van der Waals surface area contributed by atoms with Gasteiger partial charge >= 0.3 is 0 Å². The largest absolute Gasteiger partial charge is 0.356 e. The molecule has 0 aromatic heterocycles. The molecule has 4 nitrogen and oxygen atoms in total. The number of rotatable bonds is 8. The molecule has 148 valence electrons. The second-order valence-corrected chi connectivity index (χ2v) is 7.97. The van der Waals surface area contributed by atoms with E-state index in [1.807, 2.05) is 0 Å². The number of fused-ring (bicyclic) bond motifs is 3. The Morgan fingerprint density at radius 1 is 1.00 bits per heavy atom. The van der Waals surface area contributed by atoms with E-state index in [0.29, 0.717) is 6.42 Å². The lowest BCUT2D eigenvalue weighted by molar-refractivity contribution is -0.121. The minimum atomic E-state index is 0.187. The molecule has 1 heterocycles.